The Bertz CT molecular complexity index is 847. The van der Waals surface area contributed by atoms with Crippen molar-refractivity contribution in [1.29, 1.82) is 0 Å². The monoisotopic (exact) mass is 335 g/mol. The Hall–Kier alpha value is -2.69. The average Bonchev–Trinajstić information content (AvgIpc) is 3.10. The zero-order chi connectivity index (χ0) is 17.4. The molecule has 0 saturated heterocycles. The minimum absolute atomic E-state index is 0.0296. The van der Waals surface area contributed by atoms with Crippen molar-refractivity contribution in [1.82, 2.24) is 10.3 Å². The van der Waals surface area contributed by atoms with Crippen LogP contribution in [0.25, 0.3) is 0 Å². The molecule has 0 saturated carbocycles. The maximum absolute atomic E-state index is 12.7. The first-order valence-corrected chi connectivity index (χ1v) is 8.73. The van der Waals surface area contributed by atoms with Gasteiger partial charge in [0.15, 0.2) is 0 Å². The lowest BCUT2D eigenvalue weighted by Crippen LogP contribution is -2.39. The fourth-order valence-corrected chi connectivity index (χ4v) is 3.76. The molecule has 5 nitrogen and oxygen atoms in total. The van der Waals surface area contributed by atoms with Gasteiger partial charge in [0.05, 0.1) is 5.92 Å². The van der Waals surface area contributed by atoms with E-state index in [4.69, 9.17) is 0 Å². The second kappa shape index (κ2) is 6.31. The van der Waals surface area contributed by atoms with Crippen LogP contribution in [0, 0.1) is 0 Å². The number of carbonyl (C=O) groups excluding carboxylic acids is 2. The molecule has 1 atom stereocenters. The van der Waals surface area contributed by atoms with Crippen LogP contribution in [-0.2, 0) is 29.0 Å². The van der Waals surface area contributed by atoms with Crippen LogP contribution in [0.15, 0.2) is 36.5 Å². The van der Waals surface area contributed by atoms with Crippen molar-refractivity contribution in [3.05, 3.63) is 58.9 Å². The molecule has 2 aromatic rings. The molecule has 1 aliphatic heterocycles. The Labute approximate surface area is 147 Å². The summed E-state index contributed by atoms with van der Waals surface area (Å²) in [6.45, 7) is 0.446. The molecule has 1 N–H and O–H groups in total. The summed E-state index contributed by atoms with van der Waals surface area (Å²) >= 11 is 0. The molecule has 128 valence electrons. The van der Waals surface area contributed by atoms with Crippen LogP contribution in [0.2, 0.25) is 0 Å². The first-order valence-electron chi connectivity index (χ1n) is 8.73. The number of nitrogens with one attached hydrogen (secondary N) is 1. The van der Waals surface area contributed by atoms with Gasteiger partial charge in [-0.25, -0.2) is 0 Å². The van der Waals surface area contributed by atoms with Gasteiger partial charge in [0.25, 0.3) is 0 Å². The van der Waals surface area contributed by atoms with Crippen molar-refractivity contribution in [3.8, 4) is 0 Å². The number of anilines is 1. The third-order valence-corrected chi connectivity index (χ3v) is 5.19. The highest BCUT2D eigenvalue weighted by Gasteiger charge is 2.33. The minimum atomic E-state index is -0.428. The largest absolute Gasteiger partial charge is 0.351 e. The van der Waals surface area contributed by atoms with Crippen molar-refractivity contribution >= 4 is 17.5 Å². The summed E-state index contributed by atoms with van der Waals surface area (Å²) in [5.74, 6) is -0.560. The molecule has 5 heteroatoms. The lowest BCUT2D eigenvalue weighted by atomic mass is 9.89. The molecule has 0 radical (unpaired) electrons. The highest BCUT2D eigenvalue weighted by Crippen LogP contribution is 2.35. The highest BCUT2D eigenvalue weighted by atomic mass is 16.2. The molecule has 2 aliphatic rings. The zero-order valence-electron chi connectivity index (χ0n) is 14.3. The van der Waals surface area contributed by atoms with Crippen LogP contribution < -0.4 is 10.2 Å². The van der Waals surface area contributed by atoms with Crippen LogP contribution in [-0.4, -0.2) is 23.8 Å². The molecular weight excluding hydrogens is 314 g/mol. The molecule has 1 aromatic carbocycles. The lowest BCUT2D eigenvalue weighted by Gasteiger charge is -2.30. The molecule has 25 heavy (non-hydrogen) atoms. The summed E-state index contributed by atoms with van der Waals surface area (Å²) in [5.41, 5.74) is 5.23. The SMILES string of the molecule is CN1C(=O)C[C@H](C(=O)NCc2cnc3c(c2)CCC3)c2ccccc21. The van der Waals surface area contributed by atoms with E-state index in [1.54, 1.807) is 11.9 Å². The number of hydrogen-bond acceptors (Lipinski definition) is 3. The topological polar surface area (TPSA) is 62.3 Å². The Balaban J connectivity index is 1.50. The molecule has 0 unspecified atom stereocenters. The van der Waals surface area contributed by atoms with E-state index < -0.39 is 5.92 Å². The fraction of sp³-hybridized carbons (Fsp3) is 0.350. The van der Waals surface area contributed by atoms with Crippen molar-refractivity contribution in [2.75, 3.05) is 11.9 Å². The number of nitrogens with zero attached hydrogens (tertiary/aromatic N) is 2. The predicted molar refractivity (Wildman–Crippen MR) is 95.3 cm³/mol. The van der Waals surface area contributed by atoms with Crippen molar-refractivity contribution in [2.24, 2.45) is 0 Å². The number of benzene rings is 1. The first-order chi connectivity index (χ1) is 12.1. The predicted octanol–water partition coefficient (Wildman–Crippen LogP) is 2.34. The molecule has 0 fully saturated rings. The Kier molecular flexibility index (Phi) is 3.99. The summed E-state index contributed by atoms with van der Waals surface area (Å²) in [7, 11) is 1.76. The number of aryl methyl sites for hydroxylation is 2. The van der Waals surface area contributed by atoms with E-state index in [2.05, 4.69) is 16.4 Å². The van der Waals surface area contributed by atoms with Gasteiger partial charge in [-0.15, -0.1) is 0 Å². The lowest BCUT2D eigenvalue weighted by molar-refractivity contribution is -0.127. The van der Waals surface area contributed by atoms with Gasteiger partial charge in [-0.1, -0.05) is 24.3 Å². The molecule has 2 heterocycles. The van der Waals surface area contributed by atoms with Crippen LogP contribution in [0.1, 0.15) is 41.1 Å². The third-order valence-electron chi connectivity index (χ3n) is 5.19. The van der Waals surface area contributed by atoms with Crippen LogP contribution in [0.3, 0.4) is 0 Å². The van der Waals surface area contributed by atoms with Gasteiger partial charge in [-0.2, -0.15) is 0 Å². The normalized spacial score (nSPS) is 18.7. The number of amides is 2. The standard InChI is InChI=1S/C20H21N3O2/c1-23-18-8-3-2-6-15(18)16(10-19(23)24)20(25)22-12-13-9-14-5-4-7-17(14)21-11-13/h2-3,6,8-9,11,16H,4-5,7,10,12H2,1H3,(H,22,25)/t16-/m0/s1. The van der Waals surface area contributed by atoms with Crippen LogP contribution in [0.5, 0.6) is 0 Å². The third kappa shape index (κ3) is 2.90. The van der Waals surface area contributed by atoms with Gasteiger partial charge < -0.3 is 10.2 Å². The number of para-hydroxylation sites is 1. The van der Waals surface area contributed by atoms with E-state index in [-0.39, 0.29) is 18.2 Å². The van der Waals surface area contributed by atoms with Crippen molar-refractivity contribution in [3.63, 3.8) is 0 Å². The van der Waals surface area contributed by atoms with Gasteiger partial charge in [-0.05, 0) is 42.0 Å². The Morgan fingerprint density at radius 3 is 3.04 bits per heavy atom. The van der Waals surface area contributed by atoms with Gasteiger partial charge in [0, 0.05) is 37.6 Å². The number of hydrogen-bond donors (Lipinski definition) is 1. The number of aromatic nitrogens is 1. The second-order valence-electron chi connectivity index (χ2n) is 6.79. The van der Waals surface area contributed by atoms with E-state index in [1.807, 2.05) is 30.5 Å². The van der Waals surface area contributed by atoms with E-state index >= 15 is 0 Å². The molecule has 1 aromatic heterocycles. The number of pyridine rings is 1. The molecule has 0 spiro atoms. The minimum Gasteiger partial charge on any atom is -0.351 e. The van der Waals surface area contributed by atoms with E-state index in [0.29, 0.717) is 6.54 Å². The molecule has 0 bridgehead atoms. The molecule has 2 amide bonds. The molecular formula is C20H21N3O2. The maximum atomic E-state index is 12.7. The van der Waals surface area contributed by atoms with Crippen molar-refractivity contribution < 1.29 is 9.59 Å². The van der Waals surface area contributed by atoms with Crippen LogP contribution in [0.4, 0.5) is 5.69 Å². The summed E-state index contributed by atoms with van der Waals surface area (Å²) in [6.07, 6.45) is 5.34. The van der Waals surface area contributed by atoms with Gasteiger partial charge >= 0.3 is 0 Å². The quantitative estimate of drug-likeness (QED) is 0.936. The molecule has 4 rings (SSSR count). The Morgan fingerprint density at radius 2 is 2.16 bits per heavy atom. The maximum Gasteiger partial charge on any atom is 0.228 e. The smallest absolute Gasteiger partial charge is 0.228 e. The summed E-state index contributed by atoms with van der Waals surface area (Å²) in [4.78, 5) is 31.1. The molecule has 1 aliphatic carbocycles. The van der Waals surface area contributed by atoms with E-state index in [9.17, 15) is 9.59 Å². The number of fused-ring (bicyclic) bond motifs is 2. The van der Waals surface area contributed by atoms with Crippen LogP contribution >= 0.6 is 0 Å². The fourth-order valence-electron chi connectivity index (χ4n) is 3.76. The first kappa shape index (κ1) is 15.8. The highest BCUT2D eigenvalue weighted by molar-refractivity contribution is 6.02. The van der Waals surface area contributed by atoms with Gasteiger partial charge in [-0.3, -0.25) is 14.6 Å². The van der Waals surface area contributed by atoms with Gasteiger partial charge in [0.1, 0.15) is 0 Å². The van der Waals surface area contributed by atoms with E-state index in [1.165, 1.54) is 11.3 Å². The summed E-state index contributed by atoms with van der Waals surface area (Å²) in [5, 5.41) is 2.99. The van der Waals surface area contributed by atoms with Gasteiger partial charge in [0.2, 0.25) is 11.8 Å². The number of carbonyl (C=O) groups is 2. The number of rotatable bonds is 3. The zero-order valence-corrected chi connectivity index (χ0v) is 14.3. The Morgan fingerprint density at radius 1 is 1.32 bits per heavy atom. The summed E-state index contributed by atoms with van der Waals surface area (Å²) in [6, 6.07) is 9.76. The van der Waals surface area contributed by atoms with E-state index in [0.717, 1.165) is 36.1 Å². The second-order valence-corrected chi connectivity index (χ2v) is 6.79. The summed E-state index contributed by atoms with van der Waals surface area (Å²) < 4.78 is 0. The van der Waals surface area contributed by atoms with Crippen molar-refractivity contribution in [2.45, 2.75) is 38.1 Å². The average molecular weight is 335 g/mol.